The summed E-state index contributed by atoms with van der Waals surface area (Å²) in [6, 6.07) is 16.2. The maximum absolute atomic E-state index is 13.8. The Morgan fingerprint density at radius 1 is 1.00 bits per heavy atom. The first-order valence-corrected chi connectivity index (χ1v) is 16.2. The second kappa shape index (κ2) is 11.3. The number of nitrogens with zero attached hydrogens (tertiary/aromatic N) is 1. The van der Waals surface area contributed by atoms with Crippen molar-refractivity contribution in [2.75, 3.05) is 7.11 Å². The predicted octanol–water partition coefficient (Wildman–Crippen LogP) is 8.20. The van der Waals surface area contributed by atoms with Gasteiger partial charge < -0.3 is 14.8 Å². The van der Waals surface area contributed by atoms with Gasteiger partial charge in [-0.2, -0.15) is 0 Å². The molecule has 4 aliphatic carbocycles. The summed E-state index contributed by atoms with van der Waals surface area (Å²) in [4.78, 5) is 15.9. The topological polar surface area (TPSA) is 50.8 Å². The van der Waals surface area contributed by atoms with E-state index in [1.807, 2.05) is 20.8 Å². The van der Waals surface area contributed by atoms with Crippen molar-refractivity contribution < 1.29 is 14.3 Å². The number of carbonyl (C=O) groups is 1. The van der Waals surface area contributed by atoms with Gasteiger partial charge in [0.1, 0.15) is 11.4 Å². The molecular weight excluding hydrogens is 508 g/mol. The van der Waals surface area contributed by atoms with E-state index in [-0.39, 0.29) is 17.7 Å². The molecule has 1 heterocycles. The number of nitrogens with one attached hydrogen (secondary N) is 1. The van der Waals surface area contributed by atoms with Gasteiger partial charge in [-0.3, -0.25) is 4.90 Å². The molecule has 1 amide bonds. The van der Waals surface area contributed by atoms with E-state index in [4.69, 9.17) is 9.47 Å². The van der Waals surface area contributed by atoms with Gasteiger partial charge in [-0.1, -0.05) is 50.1 Å². The molecule has 41 heavy (non-hydrogen) atoms. The number of methoxy groups -OCH3 is 1. The minimum atomic E-state index is -0.501. The predicted molar refractivity (Wildman–Crippen MR) is 164 cm³/mol. The minimum absolute atomic E-state index is 0.0504. The Bertz CT molecular complexity index is 1200. The van der Waals surface area contributed by atoms with Crippen LogP contribution in [-0.2, 0) is 17.7 Å². The smallest absolute Gasteiger partial charge is 0.411 e. The number of carbonyl (C=O) groups excluding carboxylic acids is 1. The van der Waals surface area contributed by atoms with Crippen LogP contribution in [0.3, 0.4) is 0 Å². The Hall–Kier alpha value is -2.53. The first kappa shape index (κ1) is 28.6. The van der Waals surface area contributed by atoms with Crippen molar-refractivity contribution in [2.24, 2.45) is 17.8 Å². The molecule has 2 aromatic rings. The van der Waals surface area contributed by atoms with Crippen LogP contribution < -0.4 is 10.1 Å². The fourth-order valence-electron chi connectivity index (χ4n) is 8.87. The summed E-state index contributed by atoms with van der Waals surface area (Å²) in [7, 11) is 1.75. The Balaban J connectivity index is 1.26. The summed E-state index contributed by atoms with van der Waals surface area (Å²) in [5.41, 5.74) is 4.64. The number of hydrogen-bond donors (Lipinski definition) is 1. The highest BCUT2D eigenvalue weighted by molar-refractivity contribution is 5.69. The highest BCUT2D eigenvalue weighted by atomic mass is 16.6. The van der Waals surface area contributed by atoms with Crippen molar-refractivity contribution in [1.82, 2.24) is 10.2 Å². The molecule has 0 unspecified atom stereocenters. The molecule has 5 nitrogen and oxygen atoms in total. The van der Waals surface area contributed by atoms with E-state index in [1.54, 1.807) is 7.11 Å². The van der Waals surface area contributed by atoms with Crippen LogP contribution in [0.5, 0.6) is 5.75 Å². The highest BCUT2D eigenvalue weighted by Gasteiger charge is 2.55. The van der Waals surface area contributed by atoms with E-state index < -0.39 is 5.60 Å². The molecule has 0 spiro atoms. The zero-order valence-electron chi connectivity index (χ0n) is 25.9. The number of benzene rings is 2. The number of rotatable bonds is 8. The van der Waals surface area contributed by atoms with Crippen LogP contribution in [0.25, 0.3) is 0 Å². The lowest BCUT2D eigenvalue weighted by atomic mass is 9.52. The van der Waals surface area contributed by atoms with E-state index in [2.05, 4.69) is 59.6 Å². The van der Waals surface area contributed by atoms with Crippen LogP contribution in [0.15, 0.2) is 42.5 Å². The van der Waals surface area contributed by atoms with Crippen LogP contribution >= 0.6 is 0 Å². The average Bonchev–Trinajstić information content (AvgIpc) is 2.92. The molecule has 1 N–H and O–H groups in total. The second-order valence-electron chi connectivity index (χ2n) is 14.7. The molecule has 4 saturated carbocycles. The highest BCUT2D eigenvalue weighted by Crippen LogP contribution is 2.58. The number of unbranched alkanes of at least 4 members (excludes halogenated alkanes) is 1. The standard InChI is InChI=1S/C36H50N2O3/c1-6-7-8-30-18-29-19-31(40-5)13-14-32(29)33(37-30)28-11-9-24(10-12-28)23-38(34(39)41-35(2,3)4)36-20-25-15-26(21-36)17-27(16-25)22-36/h9-14,19,25-27,30,33,37H,6-8,15-18,20-23H2,1-5H3/t25?,26?,27?,30-,33-,36?/m0/s1. The fourth-order valence-corrected chi connectivity index (χ4v) is 8.87. The molecule has 5 heteroatoms. The lowest BCUT2D eigenvalue weighted by molar-refractivity contribution is -0.0933. The van der Waals surface area contributed by atoms with Crippen LogP contribution in [0.1, 0.15) is 114 Å². The fraction of sp³-hybridized carbons (Fsp3) is 0.639. The SMILES string of the molecule is CCCC[C@H]1Cc2cc(OC)ccc2[C@H](c2ccc(CN(C(=O)OC(C)(C)C)C34CC5CC(CC(C5)C3)C4)cc2)N1. The van der Waals surface area contributed by atoms with E-state index in [9.17, 15) is 4.79 Å². The van der Waals surface area contributed by atoms with Gasteiger partial charge in [0.05, 0.1) is 13.2 Å². The van der Waals surface area contributed by atoms with E-state index in [0.29, 0.717) is 12.6 Å². The maximum Gasteiger partial charge on any atom is 0.411 e. The molecule has 0 aromatic heterocycles. The van der Waals surface area contributed by atoms with Crippen LogP contribution in [0.2, 0.25) is 0 Å². The number of ether oxygens (including phenoxy) is 2. The first-order valence-electron chi connectivity index (χ1n) is 16.2. The van der Waals surface area contributed by atoms with Gasteiger partial charge in [0, 0.05) is 18.1 Å². The molecular formula is C36H50N2O3. The largest absolute Gasteiger partial charge is 0.497 e. The van der Waals surface area contributed by atoms with E-state index in [0.717, 1.165) is 49.2 Å². The van der Waals surface area contributed by atoms with Crippen molar-refractivity contribution in [3.8, 4) is 5.75 Å². The third-order valence-corrected chi connectivity index (χ3v) is 10.3. The molecule has 2 atom stereocenters. The van der Waals surface area contributed by atoms with E-state index in [1.165, 1.54) is 60.8 Å². The van der Waals surface area contributed by atoms with Gasteiger partial charge in [0.25, 0.3) is 0 Å². The summed E-state index contributed by atoms with van der Waals surface area (Å²) in [6.45, 7) is 8.83. The number of hydrogen-bond acceptors (Lipinski definition) is 4. The Kier molecular flexibility index (Phi) is 7.86. The molecule has 2 aromatic carbocycles. The molecule has 222 valence electrons. The van der Waals surface area contributed by atoms with Gasteiger partial charge in [0.15, 0.2) is 0 Å². The van der Waals surface area contributed by atoms with Crippen molar-refractivity contribution in [2.45, 2.75) is 122 Å². The van der Waals surface area contributed by atoms with Crippen LogP contribution in [0, 0.1) is 17.8 Å². The van der Waals surface area contributed by atoms with Gasteiger partial charge in [-0.05, 0) is 124 Å². The number of amides is 1. The molecule has 7 rings (SSSR count). The monoisotopic (exact) mass is 558 g/mol. The maximum atomic E-state index is 13.8. The summed E-state index contributed by atoms with van der Waals surface area (Å²) in [5.74, 6) is 3.24. The Labute approximate surface area is 247 Å². The normalized spacial score (nSPS) is 30.1. The molecule has 4 bridgehead atoms. The van der Waals surface area contributed by atoms with Crippen LogP contribution in [-0.4, -0.2) is 35.3 Å². The van der Waals surface area contributed by atoms with Crippen LogP contribution in [0.4, 0.5) is 4.79 Å². The first-order chi connectivity index (χ1) is 19.6. The van der Waals surface area contributed by atoms with Gasteiger partial charge >= 0.3 is 6.09 Å². The zero-order valence-corrected chi connectivity index (χ0v) is 25.9. The second-order valence-corrected chi connectivity index (χ2v) is 14.7. The molecule has 4 fully saturated rings. The molecule has 5 aliphatic rings. The average molecular weight is 559 g/mol. The summed E-state index contributed by atoms with van der Waals surface area (Å²) in [5, 5.41) is 3.97. The Morgan fingerprint density at radius 3 is 2.24 bits per heavy atom. The van der Waals surface area contributed by atoms with Gasteiger partial charge in [0.2, 0.25) is 0 Å². The zero-order chi connectivity index (χ0) is 28.8. The molecule has 0 radical (unpaired) electrons. The third-order valence-electron chi connectivity index (χ3n) is 10.3. The van der Waals surface area contributed by atoms with Crippen molar-refractivity contribution in [1.29, 1.82) is 0 Å². The number of fused-ring (bicyclic) bond motifs is 1. The minimum Gasteiger partial charge on any atom is -0.497 e. The lowest BCUT2D eigenvalue weighted by Gasteiger charge is -2.60. The van der Waals surface area contributed by atoms with Crippen molar-refractivity contribution in [3.63, 3.8) is 0 Å². The molecule has 1 aliphatic heterocycles. The Morgan fingerprint density at radius 2 is 1.66 bits per heavy atom. The van der Waals surface area contributed by atoms with E-state index >= 15 is 0 Å². The lowest BCUT2D eigenvalue weighted by Crippen LogP contribution is -2.61. The van der Waals surface area contributed by atoms with Gasteiger partial charge in [-0.15, -0.1) is 0 Å². The summed E-state index contributed by atoms with van der Waals surface area (Å²) in [6.07, 6.45) is 12.0. The van der Waals surface area contributed by atoms with Crippen molar-refractivity contribution in [3.05, 3.63) is 64.7 Å². The van der Waals surface area contributed by atoms with Crippen molar-refractivity contribution >= 4 is 6.09 Å². The van der Waals surface area contributed by atoms with Gasteiger partial charge in [-0.25, -0.2) is 4.79 Å². The summed E-state index contributed by atoms with van der Waals surface area (Å²) < 4.78 is 11.6. The third kappa shape index (κ3) is 6.02. The summed E-state index contributed by atoms with van der Waals surface area (Å²) >= 11 is 0. The molecule has 0 saturated heterocycles. The quantitative estimate of drug-likeness (QED) is 0.355.